The number of alkyl halides is 2. The zero-order chi connectivity index (χ0) is 10.6. The second kappa shape index (κ2) is 4.39. The molecule has 0 rings (SSSR count). The van der Waals surface area contributed by atoms with Crippen molar-refractivity contribution in [2.24, 2.45) is 0 Å². The van der Waals surface area contributed by atoms with E-state index >= 15 is 0 Å². The lowest BCUT2D eigenvalue weighted by molar-refractivity contribution is 0.0167. The molecule has 0 aliphatic carbocycles. The van der Waals surface area contributed by atoms with E-state index in [-0.39, 0.29) is 0 Å². The fraction of sp³-hybridized carbons (Fsp3) is 0.875. The molecule has 78 valence electrons. The van der Waals surface area contributed by atoms with Gasteiger partial charge in [-0.05, 0) is 20.8 Å². The smallest absolute Gasteiger partial charge is 0.410 e. The maximum absolute atomic E-state index is 11.8. The molecule has 0 aromatic carbocycles. The molecule has 0 heterocycles. The summed E-state index contributed by atoms with van der Waals surface area (Å²) in [4.78, 5) is 11.9. The van der Waals surface area contributed by atoms with Gasteiger partial charge >= 0.3 is 6.09 Å². The minimum atomic E-state index is -2.53. The third-order valence-corrected chi connectivity index (χ3v) is 1.12. The molecular formula is C8H15F2NO2. The SMILES string of the molecule is CN(CC(F)F)C(=O)OC(C)(C)C. The summed E-state index contributed by atoms with van der Waals surface area (Å²) in [7, 11) is 1.28. The molecule has 0 saturated heterocycles. The molecule has 0 spiro atoms. The van der Waals surface area contributed by atoms with E-state index in [0.717, 1.165) is 4.90 Å². The van der Waals surface area contributed by atoms with E-state index in [4.69, 9.17) is 4.74 Å². The van der Waals surface area contributed by atoms with E-state index in [0.29, 0.717) is 0 Å². The van der Waals surface area contributed by atoms with E-state index in [1.807, 2.05) is 0 Å². The van der Waals surface area contributed by atoms with Crippen LogP contribution in [0.5, 0.6) is 0 Å². The van der Waals surface area contributed by atoms with Crippen LogP contribution in [-0.4, -0.2) is 36.6 Å². The Morgan fingerprint density at radius 3 is 2.23 bits per heavy atom. The Kier molecular flexibility index (Phi) is 4.10. The van der Waals surface area contributed by atoms with Crippen LogP contribution >= 0.6 is 0 Å². The summed E-state index contributed by atoms with van der Waals surface area (Å²) in [5.41, 5.74) is -0.645. The first kappa shape index (κ1) is 12.1. The van der Waals surface area contributed by atoms with Gasteiger partial charge in [-0.1, -0.05) is 0 Å². The van der Waals surface area contributed by atoms with E-state index in [2.05, 4.69) is 0 Å². The predicted octanol–water partition coefficient (Wildman–Crippen LogP) is 2.12. The number of rotatable bonds is 2. The number of carbonyl (C=O) groups excluding carboxylic acids is 1. The van der Waals surface area contributed by atoms with Gasteiger partial charge in [0.15, 0.2) is 0 Å². The van der Waals surface area contributed by atoms with Gasteiger partial charge in [0.2, 0.25) is 0 Å². The van der Waals surface area contributed by atoms with Crippen molar-refractivity contribution >= 4 is 6.09 Å². The molecule has 0 aliphatic heterocycles. The fourth-order valence-electron chi connectivity index (χ4n) is 0.621. The Balaban J connectivity index is 3.97. The van der Waals surface area contributed by atoms with Crippen LogP contribution in [0.2, 0.25) is 0 Å². The van der Waals surface area contributed by atoms with Gasteiger partial charge in [0.25, 0.3) is 6.43 Å². The van der Waals surface area contributed by atoms with Crippen molar-refractivity contribution in [3.05, 3.63) is 0 Å². The molecule has 0 radical (unpaired) electrons. The van der Waals surface area contributed by atoms with Crippen molar-refractivity contribution in [2.45, 2.75) is 32.8 Å². The number of hydrogen-bond donors (Lipinski definition) is 0. The van der Waals surface area contributed by atoms with Gasteiger partial charge in [0.1, 0.15) is 5.60 Å². The van der Waals surface area contributed by atoms with Crippen LogP contribution in [-0.2, 0) is 4.74 Å². The second-order valence-electron chi connectivity index (χ2n) is 3.75. The second-order valence-corrected chi connectivity index (χ2v) is 3.75. The quantitative estimate of drug-likeness (QED) is 0.675. The summed E-state index contributed by atoms with van der Waals surface area (Å²) < 4.78 is 28.5. The summed E-state index contributed by atoms with van der Waals surface area (Å²) in [5, 5.41) is 0. The van der Waals surface area contributed by atoms with Crippen LogP contribution in [0.25, 0.3) is 0 Å². The average Bonchev–Trinajstić information content (AvgIpc) is 1.81. The van der Waals surface area contributed by atoms with Gasteiger partial charge in [0, 0.05) is 7.05 Å². The highest BCUT2D eigenvalue weighted by Crippen LogP contribution is 2.09. The first-order chi connectivity index (χ1) is 5.72. The molecule has 1 amide bonds. The van der Waals surface area contributed by atoms with Gasteiger partial charge in [0.05, 0.1) is 6.54 Å². The topological polar surface area (TPSA) is 29.5 Å². The average molecular weight is 195 g/mol. The lowest BCUT2D eigenvalue weighted by Crippen LogP contribution is -2.36. The minimum Gasteiger partial charge on any atom is -0.444 e. The van der Waals surface area contributed by atoms with Gasteiger partial charge in [-0.25, -0.2) is 13.6 Å². The predicted molar refractivity (Wildman–Crippen MR) is 44.9 cm³/mol. The summed E-state index contributed by atoms with van der Waals surface area (Å²) in [6.45, 7) is 4.44. The molecule has 0 aliphatic rings. The standard InChI is InChI=1S/C8H15F2NO2/c1-8(2,3)13-7(12)11(4)5-6(9)10/h6H,5H2,1-4H3. The molecule has 5 heteroatoms. The van der Waals surface area contributed by atoms with Crippen molar-refractivity contribution in [3.8, 4) is 0 Å². The molecule has 0 unspecified atom stereocenters. The number of amides is 1. The number of ether oxygens (including phenoxy) is 1. The molecule has 0 N–H and O–H groups in total. The zero-order valence-electron chi connectivity index (χ0n) is 8.30. The first-order valence-corrected chi connectivity index (χ1v) is 3.94. The summed E-state index contributed by atoms with van der Waals surface area (Å²) in [6, 6.07) is 0. The maximum atomic E-state index is 11.8. The Hall–Kier alpha value is -0.870. The minimum absolute atomic E-state index is 0.602. The summed E-state index contributed by atoms with van der Waals surface area (Å²) in [5.74, 6) is 0. The Labute approximate surface area is 76.7 Å². The van der Waals surface area contributed by atoms with Crippen LogP contribution < -0.4 is 0 Å². The lowest BCUT2D eigenvalue weighted by atomic mass is 10.2. The molecule has 0 aromatic heterocycles. The van der Waals surface area contributed by atoms with Crippen molar-refractivity contribution in [3.63, 3.8) is 0 Å². The number of hydrogen-bond acceptors (Lipinski definition) is 2. The molecule has 0 saturated carbocycles. The highest BCUT2D eigenvalue weighted by atomic mass is 19.3. The Bertz CT molecular complexity index is 177. The van der Waals surface area contributed by atoms with Gasteiger partial charge in [-0.2, -0.15) is 0 Å². The van der Waals surface area contributed by atoms with E-state index in [1.165, 1.54) is 7.05 Å². The van der Waals surface area contributed by atoms with E-state index in [9.17, 15) is 13.6 Å². The van der Waals surface area contributed by atoms with Gasteiger partial charge in [-0.15, -0.1) is 0 Å². The molecular weight excluding hydrogens is 180 g/mol. The molecule has 0 atom stereocenters. The molecule has 0 fully saturated rings. The van der Waals surface area contributed by atoms with E-state index < -0.39 is 24.7 Å². The van der Waals surface area contributed by atoms with Crippen LogP contribution in [0.15, 0.2) is 0 Å². The fourth-order valence-corrected chi connectivity index (χ4v) is 0.621. The molecule has 13 heavy (non-hydrogen) atoms. The highest BCUT2D eigenvalue weighted by molar-refractivity contribution is 5.67. The molecule has 0 bridgehead atoms. The van der Waals surface area contributed by atoms with Crippen molar-refractivity contribution in [1.82, 2.24) is 4.90 Å². The Morgan fingerprint density at radius 2 is 1.92 bits per heavy atom. The van der Waals surface area contributed by atoms with Crippen LogP contribution in [0, 0.1) is 0 Å². The summed E-state index contributed by atoms with van der Waals surface area (Å²) >= 11 is 0. The third kappa shape index (κ3) is 6.31. The van der Waals surface area contributed by atoms with Crippen molar-refractivity contribution in [2.75, 3.05) is 13.6 Å². The zero-order valence-corrected chi connectivity index (χ0v) is 8.30. The van der Waals surface area contributed by atoms with Crippen molar-refractivity contribution < 1.29 is 18.3 Å². The number of carbonyl (C=O) groups is 1. The van der Waals surface area contributed by atoms with Crippen LogP contribution in [0.3, 0.4) is 0 Å². The van der Waals surface area contributed by atoms with E-state index in [1.54, 1.807) is 20.8 Å². The molecule has 0 aromatic rings. The van der Waals surface area contributed by atoms with Gasteiger partial charge in [-0.3, -0.25) is 0 Å². The van der Waals surface area contributed by atoms with Crippen LogP contribution in [0.4, 0.5) is 13.6 Å². The normalized spacial score (nSPS) is 11.6. The summed E-state index contributed by atoms with van der Waals surface area (Å²) in [6.07, 6.45) is -3.26. The third-order valence-electron chi connectivity index (χ3n) is 1.12. The maximum Gasteiger partial charge on any atom is 0.410 e. The monoisotopic (exact) mass is 195 g/mol. The Morgan fingerprint density at radius 1 is 1.46 bits per heavy atom. The highest BCUT2D eigenvalue weighted by Gasteiger charge is 2.21. The van der Waals surface area contributed by atoms with Gasteiger partial charge < -0.3 is 9.64 Å². The van der Waals surface area contributed by atoms with Crippen LogP contribution in [0.1, 0.15) is 20.8 Å². The lowest BCUT2D eigenvalue weighted by Gasteiger charge is -2.24. The first-order valence-electron chi connectivity index (χ1n) is 3.94. The largest absolute Gasteiger partial charge is 0.444 e. The molecule has 3 nitrogen and oxygen atoms in total. The van der Waals surface area contributed by atoms with Crippen molar-refractivity contribution in [1.29, 1.82) is 0 Å². The number of halogens is 2. The number of nitrogens with zero attached hydrogens (tertiary/aromatic N) is 1.